The third-order valence-electron chi connectivity index (χ3n) is 2.46. The van der Waals surface area contributed by atoms with Gasteiger partial charge in [0.15, 0.2) is 5.69 Å². The minimum atomic E-state index is -1.01. The summed E-state index contributed by atoms with van der Waals surface area (Å²) in [6, 6.07) is 0. The molecule has 0 bridgehead atoms. The number of aromatic carboxylic acids is 1. The average molecular weight is 196 g/mol. The Morgan fingerprint density at radius 1 is 1.64 bits per heavy atom. The number of hydrogen-bond donors (Lipinski definition) is 2. The van der Waals surface area contributed by atoms with E-state index in [-0.39, 0.29) is 5.69 Å². The highest BCUT2D eigenvalue weighted by molar-refractivity contribution is 5.87. The molecule has 0 atom stereocenters. The van der Waals surface area contributed by atoms with E-state index in [9.17, 15) is 4.79 Å². The van der Waals surface area contributed by atoms with Crippen LogP contribution in [-0.2, 0) is 16.8 Å². The lowest BCUT2D eigenvalue weighted by Gasteiger charge is -2.30. The summed E-state index contributed by atoms with van der Waals surface area (Å²) in [6.07, 6.45) is 0.693. The first-order valence-corrected chi connectivity index (χ1v) is 4.47. The van der Waals surface area contributed by atoms with Gasteiger partial charge in [-0.2, -0.15) is 5.10 Å². The molecule has 76 valence electrons. The second-order valence-electron chi connectivity index (χ2n) is 3.84. The van der Waals surface area contributed by atoms with Crippen LogP contribution in [0.15, 0.2) is 0 Å². The van der Waals surface area contributed by atoms with Crippen LogP contribution in [0.4, 0.5) is 0 Å². The third kappa shape index (κ3) is 1.21. The zero-order chi connectivity index (χ0) is 10.3. The Hall–Kier alpha value is -1.36. The molecule has 0 amide bonds. The van der Waals surface area contributed by atoms with E-state index in [1.54, 1.807) is 0 Å². The van der Waals surface area contributed by atoms with Crippen LogP contribution < -0.4 is 0 Å². The van der Waals surface area contributed by atoms with Gasteiger partial charge in [-0.3, -0.25) is 5.10 Å². The maximum absolute atomic E-state index is 10.9. The van der Waals surface area contributed by atoms with Gasteiger partial charge < -0.3 is 9.84 Å². The molecule has 0 aromatic carbocycles. The maximum atomic E-state index is 10.9. The van der Waals surface area contributed by atoms with Crippen molar-refractivity contribution in [2.45, 2.75) is 25.9 Å². The van der Waals surface area contributed by atoms with Crippen molar-refractivity contribution >= 4 is 5.97 Å². The van der Waals surface area contributed by atoms with Gasteiger partial charge in [-0.15, -0.1) is 0 Å². The van der Waals surface area contributed by atoms with Gasteiger partial charge in [-0.1, -0.05) is 0 Å². The average Bonchev–Trinajstić information content (AvgIpc) is 2.48. The number of rotatable bonds is 1. The number of H-pyrrole nitrogens is 1. The molecular formula is C9H12N2O3. The van der Waals surface area contributed by atoms with Crippen molar-refractivity contribution in [2.24, 2.45) is 0 Å². The summed E-state index contributed by atoms with van der Waals surface area (Å²) >= 11 is 0. The monoisotopic (exact) mass is 196 g/mol. The van der Waals surface area contributed by atoms with E-state index >= 15 is 0 Å². The van der Waals surface area contributed by atoms with E-state index in [0.717, 1.165) is 5.69 Å². The van der Waals surface area contributed by atoms with E-state index in [2.05, 4.69) is 10.2 Å². The van der Waals surface area contributed by atoms with Crippen molar-refractivity contribution in [3.63, 3.8) is 0 Å². The molecule has 0 radical (unpaired) electrons. The predicted octanol–water partition coefficient (Wildman–Crippen LogP) is 0.916. The van der Waals surface area contributed by atoms with Gasteiger partial charge in [0.1, 0.15) is 0 Å². The van der Waals surface area contributed by atoms with Crippen molar-refractivity contribution in [3.8, 4) is 0 Å². The van der Waals surface area contributed by atoms with Crippen molar-refractivity contribution in [2.75, 3.05) is 6.61 Å². The Morgan fingerprint density at radius 3 is 3.00 bits per heavy atom. The summed E-state index contributed by atoms with van der Waals surface area (Å²) < 4.78 is 5.52. The van der Waals surface area contributed by atoms with Crippen LogP contribution in [0.3, 0.4) is 0 Å². The molecule has 1 aromatic heterocycles. The summed E-state index contributed by atoms with van der Waals surface area (Å²) in [4.78, 5) is 10.9. The molecule has 2 N–H and O–H groups in total. The van der Waals surface area contributed by atoms with Crippen LogP contribution in [0.2, 0.25) is 0 Å². The fraction of sp³-hybridized carbons (Fsp3) is 0.556. The van der Waals surface area contributed by atoms with E-state index in [1.165, 1.54) is 0 Å². The smallest absolute Gasteiger partial charge is 0.356 e. The van der Waals surface area contributed by atoms with Crippen molar-refractivity contribution in [1.29, 1.82) is 0 Å². The first kappa shape index (κ1) is 9.21. The van der Waals surface area contributed by atoms with Gasteiger partial charge in [0.2, 0.25) is 0 Å². The number of aromatic amines is 1. The Labute approximate surface area is 81.1 Å². The second-order valence-corrected chi connectivity index (χ2v) is 3.84. The number of ether oxygens (including phenoxy) is 1. The molecule has 2 heterocycles. The zero-order valence-corrected chi connectivity index (χ0v) is 8.13. The molecule has 0 aliphatic carbocycles. The van der Waals surface area contributed by atoms with Crippen LogP contribution >= 0.6 is 0 Å². The first-order valence-electron chi connectivity index (χ1n) is 4.47. The summed E-state index contributed by atoms with van der Waals surface area (Å²) in [6.45, 7) is 4.31. The normalized spacial score (nSPS) is 19.0. The molecule has 0 saturated carbocycles. The van der Waals surface area contributed by atoms with Gasteiger partial charge in [0.05, 0.1) is 12.2 Å². The number of aromatic nitrogens is 2. The van der Waals surface area contributed by atoms with Crippen LogP contribution in [-0.4, -0.2) is 27.9 Å². The number of carboxylic acids is 1. The first-order chi connectivity index (χ1) is 6.52. The lowest BCUT2D eigenvalue weighted by atomic mass is 9.92. The maximum Gasteiger partial charge on any atom is 0.356 e. The molecule has 5 heteroatoms. The molecule has 1 aliphatic rings. The van der Waals surface area contributed by atoms with E-state index < -0.39 is 11.6 Å². The van der Waals surface area contributed by atoms with Crippen molar-refractivity contribution in [1.82, 2.24) is 10.2 Å². The Bertz CT molecular complexity index is 381. The Kier molecular flexibility index (Phi) is 1.85. The molecule has 5 nitrogen and oxygen atoms in total. The number of nitrogens with one attached hydrogen (secondary N) is 1. The highest BCUT2D eigenvalue weighted by Gasteiger charge is 2.35. The summed E-state index contributed by atoms with van der Waals surface area (Å²) in [5, 5.41) is 15.5. The van der Waals surface area contributed by atoms with Gasteiger partial charge in [0.25, 0.3) is 0 Å². The van der Waals surface area contributed by atoms with Gasteiger partial charge in [-0.05, 0) is 13.8 Å². The molecule has 0 saturated heterocycles. The summed E-state index contributed by atoms with van der Waals surface area (Å²) in [7, 11) is 0. The highest BCUT2D eigenvalue weighted by Crippen LogP contribution is 2.33. The molecule has 1 aromatic rings. The van der Waals surface area contributed by atoms with Crippen LogP contribution in [0.25, 0.3) is 0 Å². The zero-order valence-electron chi connectivity index (χ0n) is 8.13. The molecule has 0 fully saturated rings. The van der Waals surface area contributed by atoms with E-state index in [1.807, 2.05) is 13.8 Å². The summed E-state index contributed by atoms with van der Waals surface area (Å²) in [5.41, 5.74) is 1.06. The van der Waals surface area contributed by atoms with Crippen molar-refractivity contribution in [3.05, 3.63) is 17.0 Å². The molecule has 0 unspecified atom stereocenters. The van der Waals surface area contributed by atoms with Crippen LogP contribution in [0, 0.1) is 0 Å². The Balaban J connectivity index is 2.58. The van der Waals surface area contributed by atoms with E-state index in [4.69, 9.17) is 9.84 Å². The van der Waals surface area contributed by atoms with E-state index in [0.29, 0.717) is 18.6 Å². The molecule has 2 rings (SSSR count). The summed E-state index contributed by atoms with van der Waals surface area (Å²) in [5.74, 6) is -1.01. The largest absolute Gasteiger partial charge is 0.476 e. The number of fused-ring (bicyclic) bond motifs is 1. The SMILES string of the molecule is CC1(C)OCCc2[nH]nc(C(=O)O)c21. The minimum absolute atomic E-state index is 0.0738. The predicted molar refractivity (Wildman–Crippen MR) is 48.2 cm³/mol. The van der Waals surface area contributed by atoms with Gasteiger partial charge in [0, 0.05) is 17.7 Å². The quantitative estimate of drug-likeness (QED) is 0.700. The number of nitrogens with zero attached hydrogens (tertiary/aromatic N) is 1. The lowest BCUT2D eigenvalue weighted by Crippen LogP contribution is -2.30. The molecule has 1 aliphatic heterocycles. The Morgan fingerprint density at radius 2 is 2.36 bits per heavy atom. The number of carboxylic acid groups (broad SMARTS) is 1. The molecule has 0 spiro atoms. The number of carbonyl (C=O) groups is 1. The van der Waals surface area contributed by atoms with Crippen molar-refractivity contribution < 1.29 is 14.6 Å². The molecule has 14 heavy (non-hydrogen) atoms. The topological polar surface area (TPSA) is 75.2 Å². The fourth-order valence-electron chi connectivity index (χ4n) is 1.84. The number of hydrogen-bond acceptors (Lipinski definition) is 3. The van der Waals surface area contributed by atoms with Crippen LogP contribution in [0.5, 0.6) is 0 Å². The minimum Gasteiger partial charge on any atom is -0.476 e. The molecular weight excluding hydrogens is 184 g/mol. The second kappa shape index (κ2) is 2.81. The lowest BCUT2D eigenvalue weighted by molar-refractivity contribution is -0.0325. The van der Waals surface area contributed by atoms with Crippen LogP contribution in [0.1, 0.15) is 35.6 Å². The fourth-order valence-corrected chi connectivity index (χ4v) is 1.84. The highest BCUT2D eigenvalue weighted by atomic mass is 16.5. The van der Waals surface area contributed by atoms with Gasteiger partial charge in [-0.25, -0.2) is 4.79 Å². The standard InChI is InChI=1S/C9H12N2O3/c1-9(2)6-5(3-4-14-9)10-11-7(6)8(12)13/h3-4H2,1-2H3,(H,10,11)(H,12,13). The van der Waals surface area contributed by atoms with Gasteiger partial charge >= 0.3 is 5.97 Å². The third-order valence-corrected chi connectivity index (χ3v) is 2.46.